The van der Waals surface area contributed by atoms with Gasteiger partial charge in [-0.25, -0.2) is 8.42 Å². The van der Waals surface area contributed by atoms with Gasteiger partial charge in [0, 0.05) is 6.42 Å². The van der Waals surface area contributed by atoms with Gasteiger partial charge in [0.1, 0.15) is 5.75 Å². The summed E-state index contributed by atoms with van der Waals surface area (Å²) in [5.41, 5.74) is 1.35. The summed E-state index contributed by atoms with van der Waals surface area (Å²) >= 11 is 0. The second kappa shape index (κ2) is 10.8. The molecule has 0 N–H and O–H groups in total. The highest BCUT2D eigenvalue weighted by Crippen LogP contribution is 2.18. The molecule has 0 spiro atoms. The summed E-state index contributed by atoms with van der Waals surface area (Å²) in [6.07, 6.45) is -0.597. The fourth-order valence-corrected chi connectivity index (χ4v) is 4.42. The summed E-state index contributed by atoms with van der Waals surface area (Å²) in [6, 6.07) is 15.9. The third kappa shape index (κ3) is 6.11. The highest BCUT2D eigenvalue weighted by molar-refractivity contribution is 7.91. The molecule has 32 heavy (non-hydrogen) atoms. The van der Waals surface area contributed by atoms with Crippen molar-refractivity contribution in [1.29, 1.82) is 0 Å². The van der Waals surface area contributed by atoms with Crippen LogP contribution in [0.4, 0.5) is 0 Å². The van der Waals surface area contributed by atoms with E-state index in [4.69, 9.17) is 9.47 Å². The maximum Gasteiger partial charge on any atom is 0.305 e. The summed E-state index contributed by atoms with van der Waals surface area (Å²) in [5, 5.41) is 10.8. The van der Waals surface area contributed by atoms with E-state index in [0.29, 0.717) is 11.4 Å². The van der Waals surface area contributed by atoms with Crippen molar-refractivity contribution in [2.75, 3.05) is 20.0 Å². The molecule has 0 saturated heterocycles. The molecule has 0 radical (unpaired) electrons. The van der Waals surface area contributed by atoms with Crippen LogP contribution in [0.5, 0.6) is 5.75 Å². The first-order valence-corrected chi connectivity index (χ1v) is 11.5. The minimum Gasteiger partial charge on any atom is -0.497 e. The number of tetrazole rings is 1. The molecule has 0 unspecified atom stereocenters. The number of carbonyl (C=O) groups excluding carboxylic acids is 1. The van der Waals surface area contributed by atoms with Gasteiger partial charge < -0.3 is 14.2 Å². The van der Waals surface area contributed by atoms with Crippen LogP contribution in [0.2, 0.25) is 0 Å². The van der Waals surface area contributed by atoms with Crippen LogP contribution in [-0.4, -0.2) is 60.7 Å². The van der Waals surface area contributed by atoms with Gasteiger partial charge in [-0.05, 0) is 46.7 Å². The molecule has 3 aromatic rings. The minimum absolute atomic E-state index is 0.0168. The van der Waals surface area contributed by atoms with E-state index in [2.05, 4.69) is 20.3 Å². The predicted octanol–water partition coefficient (Wildman–Crippen LogP) is 1.98. The number of hydrogen-bond donors (Lipinski definition) is 0. The first kappa shape index (κ1) is 23.4. The van der Waals surface area contributed by atoms with Crippen LogP contribution in [0.25, 0.3) is 5.69 Å². The molecule has 0 aliphatic carbocycles. The van der Waals surface area contributed by atoms with Crippen LogP contribution in [0.3, 0.4) is 0 Å². The SMILES string of the molecule is COC(=O)CC[C@@H](CS(=O)(=O)c1nnnn1-c1ccccc1)OCc1ccc(OC)cc1. The smallest absolute Gasteiger partial charge is 0.305 e. The Bertz CT molecular complexity index is 1120. The second-order valence-corrected chi connectivity index (χ2v) is 8.81. The number of methoxy groups -OCH3 is 2. The second-order valence-electron chi connectivity index (χ2n) is 6.89. The van der Waals surface area contributed by atoms with Gasteiger partial charge in [-0.1, -0.05) is 35.4 Å². The quantitative estimate of drug-likeness (QED) is 0.395. The number of hydrogen-bond acceptors (Lipinski definition) is 9. The van der Waals surface area contributed by atoms with Crippen molar-refractivity contribution in [3.05, 3.63) is 60.2 Å². The molecule has 0 fully saturated rings. The largest absolute Gasteiger partial charge is 0.497 e. The van der Waals surface area contributed by atoms with E-state index in [9.17, 15) is 13.2 Å². The maximum atomic E-state index is 13.1. The van der Waals surface area contributed by atoms with Crippen molar-refractivity contribution in [2.24, 2.45) is 0 Å². The molecule has 1 atom stereocenters. The maximum absolute atomic E-state index is 13.1. The van der Waals surface area contributed by atoms with Gasteiger partial charge in [0.2, 0.25) is 9.84 Å². The first-order valence-electron chi connectivity index (χ1n) is 9.81. The van der Waals surface area contributed by atoms with Gasteiger partial charge in [0.15, 0.2) is 0 Å². The van der Waals surface area contributed by atoms with Crippen LogP contribution in [0.1, 0.15) is 18.4 Å². The van der Waals surface area contributed by atoms with Crippen LogP contribution in [-0.2, 0) is 30.7 Å². The van der Waals surface area contributed by atoms with Crippen molar-refractivity contribution in [3.8, 4) is 11.4 Å². The van der Waals surface area contributed by atoms with Crippen LogP contribution in [0.15, 0.2) is 59.8 Å². The Kier molecular flexibility index (Phi) is 7.90. The molecule has 1 aromatic heterocycles. The molecule has 0 aliphatic heterocycles. The first-order chi connectivity index (χ1) is 15.4. The Labute approximate surface area is 186 Å². The lowest BCUT2D eigenvalue weighted by atomic mass is 10.2. The highest BCUT2D eigenvalue weighted by Gasteiger charge is 2.29. The zero-order chi connectivity index (χ0) is 23.0. The normalized spacial score (nSPS) is 12.3. The van der Waals surface area contributed by atoms with Crippen molar-refractivity contribution in [3.63, 3.8) is 0 Å². The van der Waals surface area contributed by atoms with Gasteiger partial charge in [-0.3, -0.25) is 4.79 Å². The summed E-state index contributed by atoms with van der Waals surface area (Å²) in [7, 11) is -1.09. The van der Waals surface area contributed by atoms with Crippen molar-refractivity contribution >= 4 is 15.8 Å². The number of benzene rings is 2. The standard InChI is InChI=1S/C21H24N4O6S/c1-29-18-10-8-16(9-11-18)14-31-19(12-13-20(26)30-2)15-32(27,28)21-22-23-24-25(21)17-6-4-3-5-7-17/h3-11,19H,12-15H2,1-2H3/t19-/m0/s1. The average molecular weight is 461 g/mol. The zero-order valence-corrected chi connectivity index (χ0v) is 18.6. The van der Waals surface area contributed by atoms with Gasteiger partial charge in [-0.15, -0.1) is 0 Å². The molecule has 11 heteroatoms. The van der Waals surface area contributed by atoms with Crippen molar-refractivity contribution in [1.82, 2.24) is 20.2 Å². The summed E-state index contributed by atoms with van der Waals surface area (Å²) in [5.74, 6) is -0.145. The zero-order valence-electron chi connectivity index (χ0n) is 17.7. The Balaban J connectivity index is 1.77. The number of carbonyl (C=O) groups is 1. The van der Waals surface area contributed by atoms with E-state index in [-0.39, 0.29) is 24.6 Å². The van der Waals surface area contributed by atoms with Crippen molar-refractivity contribution in [2.45, 2.75) is 30.7 Å². The van der Waals surface area contributed by atoms with E-state index in [1.807, 2.05) is 12.1 Å². The van der Waals surface area contributed by atoms with Crippen LogP contribution >= 0.6 is 0 Å². The fraction of sp³-hybridized carbons (Fsp3) is 0.333. The molecule has 0 aliphatic rings. The topological polar surface area (TPSA) is 123 Å². The number of ether oxygens (including phenoxy) is 3. The fourth-order valence-electron chi connectivity index (χ4n) is 2.95. The van der Waals surface area contributed by atoms with Gasteiger partial charge in [-0.2, -0.15) is 4.68 Å². The van der Waals surface area contributed by atoms with Gasteiger partial charge in [0.05, 0.1) is 38.4 Å². The number of sulfone groups is 1. The Hall–Kier alpha value is -3.31. The van der Waals surface area contributed by atoms with Crippen molar-refractivity contribution < 1.29 is 27.4 Å². The lowest BCUT2D eigenvalue weighted by Crippen LogP contribution is -2.27. The van der Waals surface area contributed by atoms with E-state index in [1.165, 1.54) is 7.11 Å². The number of para-hydroxylation sites is 1. The summed E-state index contributed by atoms with van der Waals surface area (Å²) in [6.45, 7) is 0.162. The van der Waals surface area contributed by atoms with Gasteiger partial charge in [0.25, 0.3) is 5.16 Å². The van der Waals surface area contributed by atoms with E-state index < -0.39 is 27.7 Å². The third-order valence-electron chi connectivity index (χ3n) is 4.67. The molecule has 170 valence electrons. The molecule has 2 aromatic carbocycles. The Morgan fingerprint density at radius 1 is 1.06 bits per heavy atom. The Morgan fingerprint density at radius 2 is 1.78 bits per heavy atom. The number of aromatic nitrogens is 4. The number of rotatable bonds is 11. The molecule has 0 bridgehead atoms. The molecule has 0 amide bonds. The lowest BCUT2D eigenvalue weighted by molar-refractivity contribution is -0.141. The van der Waals surface area contributed by atoms with E-state index in [1.54, 1.807) is 49.6 Å². The number of esters is 1. The minimum atomic E-state index is -3.93. The molecular formula is C21H24N4O6S. The molecule has 10 nitrogen and oxygen atoms in total. The monoisotopic (exact) mass is 460 g/mol. The Morgan fingerprint density at radius 3 is 2.44 bits per heavy atom. The summed E-state index contributed by atoms with van der Waals surface area (Å²) < 4.78 is 43.1. The average Bonchev–Trinajstić information content (AvgIpc) is 3.32. The predicted molar refractivity (Wildman–Crippen MR) is 114 cm³/mol. The molecule has 3 rings (SSSR count). The summed E-state index contributed by atoms with van der Waals surface area (Å²) in [4.78, 5) is 11.6. The lowest BCUT2D eigenvalue weighted by Gasteiger charge is -2.18. The highest BCUT2D eigenvalue weighted by atomic mass is 32.2. The van der Waals surface area contributed by atoms with Crippen LogP contribution < -0.4 is 4.74 Å². The van der Waals surface area contributed by atoms with Crippen LogP contribution in [0, 0.1) is 0 Å². The third-order valence-corrected chi connectivity index (χ3v) is 6.29. The molecular weight excluding hydrogens is 436 g/mol. The van der Waals surface area contributed by atoms with E-state index >= 15 is 0 Å². The van der Waals surface area contributed by atoms with E-state index in [0.717, 1.165) is 10.2 Å². The molecule has 0 saturated carbocycles. The molecule has 1 heterocycles. The van der Waals surface area contributed by atoms with Gasteiger partial charge >= 0.3 is 5.97 Å². The number of nitrogens with zero attached hydrogens (tertiary/aromatic N) is 4.